The Hall–Kier alpha value is -1.15. The molecule has 8 heteroatoms. The van der Waals surface area contributed by atoms with Crippen molar-refractivity contribution in [1.29, 1.82) is 0 Å². The van der Waals surface area contributed by atoms with Gasteiger partial charge >= 0.3 is 11.9 Å². The molecule has 25 heavy (non-hydrogen) atoms. The number of carboxylic acids is 1. The molecule has 7 nitrogen and oxygen atoms in total. The van der Waals surface area contributed by atoms with Crippen molar-refractivity contribution in [1.82, 2.24) is 4.31 Å². The van der Waals surface area contributed by atoms with Crippen molar-refractivity contribution in [2.24, 2.45) is 11.3 Å². The molecule has 3 unspecified atom stereocenters. The third-order valence-corrected chi connectivity index (χ3v) is 8.36. The number of fused-ring (bicyclic) bond motifs is 1. The van der Waals surface area contributed by atoms with E-state index in [1.807, 2.05) is 0 Å². The highest BCUT2D eigenvalue weighted by molar-refractivity contribution is 7.89. The summed E-state index contributed by atoms with van der Waals surface area (Å²) in [5.41, 5.74) is -1.02. The molecule has 0 bridgehead atoms. The molecule has 0 amide bonds. The summed E-state index contributed by atoms with van der Waals surface area (Å²) in [5, 5.41) is 9.58. The lowest BCUT2D eigenvalue weighted by molar-refractivity contribution is -0.151. The van der Waals surface area contributed by atoms with Gasteiger partial charge in [0, 0.05) is 6.04 Å². The fourth-order valence-corrected chi connectivity index (χ4v) is 7.64. The van der Waals surface area contributed by atoms with E-state index in [0.717, 1.165) is 32.1 Å². The van der Waals surface area contributed by atoms with Gasteiger partial charge in [0.1, 0.15) is 6.04 Å². The molecule has 1 N–H and O–H groups in total. The number of aliphatic carboxylic acids is 1. The third kappa shape index (κ3) is 3.30. The number of hydrogen-bond donors (Lipinski definition) is 1. The first-order valence-electron chi connectivity index (χ1n) is 9.13. The van der Waals surface area contributed by atoms with Crippen LogP contribution in [0.3, 0.4) is 0 Å². The van der Waals surface area contributed by atoms with Gasteiger partial charge in [-0.2, -0.15) is 4.31 Å². The molecular formula is C17H27NO6S. The number of nitrogens with zero attached hydrogens (tertiary/aromatic N) is 1. The Morgan fingerprint density at radius 2 is 1.80 bits per heavy atom. The smallest absolute Gasteiger partial charge is 0.322 e. The molecule has 0 spiro atoms. The Morgan fingerprint density at radius 1 is 1.16 bits per heavy atom. The van der Waals surface area contributed by atoms with Crippen LogP contribution in [0.1, 0.15) is 57.8 Å². The van der Waals surface area contributed by atoms with Gasteiger partial charge in [0.05, 0.1) is 18.3 Å². The summed E-state index contributed by atoms with van der Waals surface area (Å²) < 4.78 is 32.6. The Bertz CT molecular complexity index is 640. The molecule has 3 atom stereocenters. The first-order chi connectivity index (χ1) is 11.8. The molecule has 3 rings (SSSR count). The number of hydrogen-bond acceptors (Lipinski definition) is 5. The molecule has 0 radical (unpaired) electrons. The molecule has 142 valence electrons. The Balaban J connectivity index is 1.91. The third-order valence-electron chi connectivity index (χ3n) is 6.27. The second kappa shape index (κ2) is 6.87. The molecular weight excluding hydrogens is 346 g/mol. The lowest BCUT2D eigenvalue weighted by Gasteiger charge is -2.35. The number of rotatable bonds is 5. The summed E-state index contributed by atoms with van der Waals surface area (Å²) in [6.07, 6.45) is 6.45. The van der Waals surface area contributed by atoms with Gasteiger partial charge in [-0.25, -0.2) is 8.42 Å². The van der Waals surface area contributed by atoms with Gasteiger partial charge in [-0.15, -0.1) is 0 Å². The minimum absolute atomic E-state index is 0.113. The molecule has 2 aliphatic carbocycles. The molecule has 3 fully saturated rings. The van der Waals surface area contributed by atoms with Crippen molar-refractivity contribution in [2.45, 2.75) is 69.9 Å². The van der Waals surface area contributed by atoms with Crippen molar-refractivity contribution < 1.29 is 27.9 Å². The molecule has 2 saturated carbocycles. The van der Waals surface area contributed by atoms with E-state index < -0.39 is 33.4 Å². The molecule has 1 saturated heterocycles. The SMILES string of the molecule is COC(=O)C1(CS(=O)(=O)N2C(C(=O)O)CC3CCCCC32)CCCC1. The topological polar surface area (TPSA) is 101 Å². The zero-order chi connectivity index (χ0) is 18.2. The molecule has 0 aromatic heterocycles. The minimum atomic E-state index is -3.87. The van der Waals surface area contributed by atoms with Gasteiger partial charge in [0.15, 0.2) is 0 Å². The highest BCUT2D eigenvalue weighted by Crippen LogP contribution is 2.45. The van der Waals surface area contributed by atoms with Crippen LogP contribution in [-0.2, 0) is 24.3 Å². The quantitative estimate of drug-likeness (QED) is 0.737. The number of ether oxygens (including phenoxy) is 1. The van der Waals surface area contributed by atoms with Gasteiger partial charge in [-0.05, 0) is 38.0 Å². The summed E-state index contributed by atoms with van der Waals surface area (Å²) in [6, 6.07) is -1.25. The van der Waals surface area contributed by atoms with Crippen LogP contribution in [-0.4, -0.2) is 54.7 Å². The number of carboxylic acid groups (broad SMARTS) is 1. The zero-order valence-electron chi connectivity index (χ0n) is 14.6. The second-order valence-corrected chi connectivity index (χ2v) is 9.64. The van der Waals surface area contributed by atoms with Gasteiger partial charge in [0.2, 0.25) is 10.0 Å². The van der Waals surface area contributed by atoms with Crippen LogP contribution in [0, 0.1) is 11.3 Å². The highest BCUT2D eigenvalue weighted by atomic mass is 32.2. The van der Waals surface area contributed by atoms with Gasteiger partial charge in [0.25, 0.3) is 0 Å². The van der Waals surface area contributed by atoms with E-state index in [4.69, 9.17) is 4.74 Å². The van der Waals surface area contributed by atoms with Gasteiger partial charge < -0.3 is 9.84 Å². The first kappa shape index (κ1) is 18.6. The van der Waals surface area contributed by atoms with Crippen molar-refractivity contribution in [3.05, 3.63) is 0 Å². The monoisotopic (exact) mass is 373 g/mol. The van der Waals surface area contributed by atoms with E-state index >= 15 is 0 Å². The average molecular weight is 373 g/mol. The predicted molar refractivity (Wildman–Crippen MR) is 90.3 cm³/mol. The largest absolute Gasteiger partial charge is 0.480 e. The summed E-state index contributed by atoms with van der Waals surface area (Å²) in [4.78, 5) is 24.0. The maximum Gasteiger partial charge on any atom is 0.322 e. The van der Waals surface area contributed by atoms with Crippen molar-refractivity contribution in [3.63, 3.8) is 0 Å². The predicted octanol–water partition coefficient (Wildman–Crippen LogP) is 1.77. The van der Waals surface area contributed by atoms with E-state index in [0.29, 0.717) is 25.7 Å². The number of carbonyl (C=O) groups is 2. The number of esters is 1. The van der Waals surface area contributed by atoms with Crippen molar-refractivity contribution in [3.8, 4) is 0 Å². The van der Waals surface area contributed by atoms with Crippen LogP contribution in [0.4, 0.5) is 0 Å². The molecule has 1 heterocycles. The Labute approximate surface area is 148 Å². The highest BCUT2D eigenvalue weighted by Gasteiger charge is 2.54. The normalized spacial score (nSPS) is 32.3. The van der Waals surface area contributed by atoms with Crippen molar-refractivity contribution in [2.75, 3.05) is 12.9 Å². The summed E-state index contributed by atoms with van der Waals surface area (Å²) >= 11 is 0. The lowest BCUT2D eigenvalue weighted by atomic mass is 9.85. The lowest BCUT2D eigenvalue weighted by Crippen LogP contribution is -2.50. The van der Waals surface area contributed by atoms with E-state index in [1.54, 1.807) is 0 Å². The van der Waals surface area contributed by atoms with Crippen LogP contribution >= 0.6 is 0 Å². The van der Waals surface area contributed by atoms with Crippen LogP contribution in [0.2, 0.25) is 0 Å². The van der Waals surface area contributed by atoms with E-state index in [1.165, 1.54) is 11.4 Å². The summed E-state index contributed by atoms with van der Waals surface area (Å²) in [6.45, 7) is 0. The fraction of sp³-hybridized carbons (Fsp3) is 0.882. The average Bonchev–Trinajstić information content (AvgIpc) is 3.18. The zero-order valence-corrected chi connectivity index (χ0v) is 15.5. The summed E-state index contributed by atoms with van der Waals surface area (Å²) in [7, 11) is -2.59. The van der Waals surface area contributed by atoms with E-state index in [-0.39, 0.29) is 17.7 Å². The maximum absolute atomic E-state index is 13.2. The second-order valence-electron chi connectivity index (χ2n) is 7.77. The van der Waals surface area contributed by atoms with E-state index in [9.17, 15) is 23.1 Å². The van der Waals surface area contributed by atoms with Crippen LogP contribution in [0.5, 0.6) is 0 Å². The fourth-order valence-electron chi connectivity index (χ4n) is 5.13. The Kier molecular flexibility index (Phi) is 5.12. The number of carbonyl (C=O) groups excluding carboxylic acids is 1. The maximum atomic E-state index is 13.2. The van der Waals surface area contributed by atoms with Crippen LogP contribution in [0.25, 0.3) is 0 Å². The first-order valence-corrected chi connectivity index (χ1v) is 10.7. The standard InChI is InChI=1S/C17H27NO6S/c1-24-16(21)17(8-4-5-9-17)11-25(22,23)18-13-7-3-2-6-12(13)10-14(18)15(19)20/h12-14H,2-11H2,1H3,(H,19,20). The van der Waals surface area contributed by atoms with Crippen LogP contribution < -0.4 is 0 Å². The molecule has 0 aromatic rings. The minimum Gasteiger partial charge on any atom is -0.480 e. The Morgan fingerprint density at radius 3 is 2.40 bits per heavy atom. The summed E-state index contributed by atoms with van der Waals surface area (Å²) in [5.74, 6) is -1.79. The van der Waals surface area contributed by atoms with E-state index in [2.05, 4.69) is 0 Å². The number of methoxy groups -OCH3 is 1. The van der Waals surface area contributed by atoms with Gasteiger partial charge in [-0.3, -0.25) is 9.59 Å². The molecule has 1 aliphatic heterocycles. The molecule has 3 aliphatic rings. The molecule has 0 aromatic carbocycles. The van der Waals surface area contributed by atoms with Crippen LogP contribution in [0.15, 0.2) is 0 Å². The number of sulfonamides is 1. The van der Waals surface area contributed by atoms with Crippen molar-refractivity contribution >= 4 is 22.0 Å². The van der Waals surface area contributed by atoms with Gasteiger partial charge in [-0.1, -0.05) is 25.7 Å².